The average molecular weight is 392 g/mol. The molecule has 6 nitrogen and oxygen atoms in total. The number of likely N-dealkylation sites (tertiary alicyclic amines) is 1. The number of rotatable bonds is 2. The van der Waals surface area contributed by atoms with E-state index in [9.17, 15) is 18.0 Å². The fourth-order valence-electron chi connectivity index (χ4n) is 3.78. The lowest BCUT2D eigenvalue weighted by Crippen LogP contribution is -2.80. The first-order valence-electron chi connectivity index (χ1n) is 8.97. The molecule has 3 aliphatic heterocycles. The van der Waals surface area contributed by atoms with Crippen LogP contribution in [0.5, 0.6) is 0 Å². The van der Waals surface area contributed by atoms with Crippen molar-refractivity contribution in [2.75, 3.05) is 18.0 Å². The number of fused-ring (bicyclic) bond motifs is 1. The molecular formula is C19H19F3N4O2. The highest BCUT2D eigenvalue weighted by Crippen LogP contribution is 2.39. The number of nitrogens with zero attached hydrogens (tertiary/aromatic N) is 3. The SMILES string of the molecule is O=C(NO)C1=CN=C(N2CC3C2CN3c2ccc(C(F)(F)F)cc2)CCC=C1. The van der Waals surface area contributed by atoms with E-state index in [1.165, 1.54) is 18.3 Å². The highest BCUT2D eigenvalue weighted by Gasteiger charge is 2.52. The molecular weight excluding hydrogens is 373 g/mol. The maximum atomic E-state index is 12.7. The van der Waals surface area contributed by atoms with Crippen LogP contribution in [0.4, 0.5) is 18.9 Å². The van der Waals surface area contributed by atoms with Gasteiger partial charge in [0.05, 0.1) is 23.2 Å². The Bertz CT molecular complexity index is 861. The summed E-state index contributed by atoms with van der Waals surface area (Å²) in [5.74, 6) is 0.265. The van der Waals surface area contributed by atoms with Crippen molar-refractivity contribution in [2.45, 2.75) is 31.1 Å². The number of hydrogen-bond acceptors (Lipinski definition) is 5. The lowest BCUT2D eigenvalue weighted by atomic mass is 9.84. The summed E-state index contributed by atoms with van der Waals surface area (Å²) in [6.45, 7) is 1.46. The number of piperazine rings is 1. The Kier molecular flexibility index (Phi) is 4.62. The summed E-state index contributed by atoms with van der Waals surface area (Å²) in [5.41, 5.74) is 2.02. The van der Waals surface area contributed by atoms with Gasteiger partial charge in [0.1, 0.15) is 5.84 Å². The minimum atomic E-state index is -4.33. The minimum Gasteiger partial charge on any atom is -0.362 e. The van der Waals surface area contributed by atoms with Gasteiger partial charge in [0.25, 0.3) is 5.91 Å². The molecule has 0 aromatic heterocycles. The molecule has 148 valence electrons. The van der Waals surface area contributed by atoms with Crippen LogP contribution in [-0.4, -0.2) is 47.0 Å². The first-order chi connectivity index (χ1) is 13.4. The summed E-state index contributed by atoms with van der Waals surface area (Å²) in [7, 11) is 0. The van der Waals surface area contributed by atoms with Crippen molar-refractivity contribution < 1.29 is 23.2 Å². The molecule has 0 saturated carbocycles. The van der Waals surface area contributed by atoms with Crippen molar-refractivity contribution in [1.82, 2.24) is 10.4 Å². The molecule has 2 unspecified atom stereocenters. The number of allylic oxidation sites excluding steroid dienone is 1. The second-order valence-electron chi connectivity index (χ2n) is 7.00. The topological polar surface area (TPSA) is 68.2 Å². The number of carbonyl (C=O) groups is 1. The molecule has 4 rings (SSSR count). The summed E-state index contributed by atoms with van der Waals surface area (Å²) in [5, 5.41) is 8.77. The maximum absolute atomic E-state index is 12.7. The van der Waals surface area contributed by atoms with Crippen LogP contribution in [0.2, 0.25) is 0 Å². The summed E-state index contributed by atoms with van der Waals surface area (Å²) >= 11 is 0. The molecule has 1 aromatic rings. The van der Waals surface area contributed by atoms with Gasteiger partial charge in [-0.2, -0.15) is 13.2 Å². The molecule has 9 heteroatoms. The van der Waals surface area contributed by atoms with E-state index in [4.69, 9.17) is 5.21 Å². The normalized spacial score (nSPS) is 24.1. The fourth-order valence-corrected chi connectivity index (χ4v) is 3.78. The number of hydroxylamine groups is 1. The van der Waals surface area contributed by atoms with Gasteiger partial charge in [0, 0.05) is 31.4 Å². The van der Waals surface area contributed by atoms with Gasteiger partial charge in [0.2, 0.25) is 0 Å². The molecule has 0 bridgehead atoms. The van der Waals surface area contributed by atoms with Crippen LogP contribution in [0.3, 0.4) is 0 Å². The van der Waals surface area contributed by atoms with Crippen LogP contribution in [0, 0.1) is 0 Å². The summed E-state index contributed by atoms with van der Waals surface area (Å²) in [4.78, 5) is 20.3. The molecule has 1 aromatic carbocycles. The standard InChI is InChI=1S/C19H19F3N4O2/c20-19(21,22)13-5-7-14(8-6-13)25-10-16-15(25)11-26(16)17-4-2-1-3-12(9-23-17)18(27)24-28/h1,3,5-9,15-16,28H,2,4,10-11H2,(H,24,27). The second-order valence-corrected chi connectivity index (χ2v) is 7.00. The summed E-state index contributed by atoms with van der Waals surface area (Å²) in [6, 6.07) is 5.79. The van der Waals surface area contributed by atoms with Gasteiger partial charge >= 0.3 is 6.18 Å². The number of amides is 1. The van der Waals surface area contributed by atoms with E-state index in [1.54, 1.807) is 11.6 Å². The Balaban J connectivity index is 1.41. The number of nitrogens with one attached hydrogen (secondary N) is 1. The van der Waals surface area contributed by atoms with Crippen LogP contribution in [0.1, 0.15) is 18.4 Å². The molecule has 2 saturated heterocycles. The monoisotopic (exact) mass is 392 g/mol. The van der Waals surface area contributed by atoms with Crippen LogP contribution in [-0.2, 0) is 11.0 Å². The maximum Gasteiger partial charge on any atom is 0.416 e. The molecule has 0 radical (unpaired) electrons. The van der Waals surface area contributed by atoms with Crippen LogP contribution >= 0.6 is 0 Å². The Morgan fingerprint density at radius 3 is 2.43 bits per heavy atom. The Labute approximate surface area is 159 Å². The van der Waals surface area contributed by atoms with Crippen molar-refractivity contribution >= 4 is 17.4 Å². The third-order valence-electron chi connectivity index (χ3n) is 5.42. The van der Waals surface area contributed by atoms with E-state index in [0.717, 1.165) is 49.6 Å². The molecule has 3 aliphatic rings. The lowest BCUT2D eigenvalue weighted by Gasteiger charge is -2.63. The van der Waals surface area contributed by atoms with Gasteiger partial charge in [-0.15, -0.1) is 0 Å². The van der Waals surface area contributed by atoms with Gasteiger partial charge in [-0.1, -0.05) is 12.2 Å². The third kappa shape index (κ3) is 3.26. The number of benzene rings is 1. The number of amidine groups is 1. The van der Waals surface area contributed by atoms with Crippen LogP contribution < -0.4 is 10.4 Å². The molecule has 3 heterocycles. The van der Waals surface area contributed by atoms with Crippen molar-refractivity contribution in [2.24, 2.45) is 4.99 Å². The van der Waals surface area contributed by atoms with Gasteiger partial charge in [-0.3, -0.25) is 10.0 Å². The predicted octanol–water partition coefficient (Wildman–Crippen LogP) is 2.72. The Hall–Kier alpha value is -2.81. The number of aliphatic imine (C=N–C) groups is 1. The van der Waals surface area contributed by atoms with Gasteiger partial charge in [-0.25, -0.2) is 10.5 Å². The highest BCUT2D eigenvalue weighted by atomic mass is 19.4. The van der Waals surface area contributed by atoms with Gasteiger partial charge in [-0.05, 0) is 30.7 Å². The van der Waals surface area contributed by atoms with Gasteiger partial charge in [0.15, 0.2) is 0 Å². The van der Waals surface area contributed by atoms with E-state index < -0.39 is 17.6 Å². The van der Waals surface area contributed by atoms with Crippen molar-refractivity contribution in [1.29, 1.82) is 0 Å². The third-order valence-corrected chi connectivity index (χ3v) is 5.42. The summed E-state index contributed by atoms with van der Waals surface area (Å²) in [6.07, 6.45) is 2.07. The van der Waals surface area contributed by atoms with E-state index >= 15 is 0 Å². The molecule has 28 heavy (non-hydrogen) atoms. The first kappa shape index (κ1) is 18.5. The highest BCUT2D eigenvalue weighted by molar-refractivity contribution is 5.96. The van der Waals surface area contributed by atoms with Crippen molar-refractivity contribution in [3.63, 3.8) is 0 Å². The van der Waals surface area contributed by atoms with E-state index in [1.807, 2.05) is 6.08 Å². The zero-order chi connectivity index (χ0) is 19.9. The molecule has 0 spiro atoms. The number of carbonyl (C=O) groups excluding carboxylic acids is 1. The number of halogens is 3. The molecule has 2 fully saturated rings. The zero-order valence-corrected chi connectivity index (χ0v) is 14.9. The smallest absolute Gasteiger partial charge is 0.362 e. The number of alkyl halides is 3. The number of anilines is 1. The van der Waals surface area contributed by atoms with Crippen LogP contribution in [0.25, 0.3) is 0 Å². The van der Waals surface area contributed by atoms with E-state index in [-0.39, 0.29) is 17.7 Å². The predicted molar refractivity (Wildman–Crippen MR) is 96.9 cm³/mol. The zero-order valence-electron chi connectivity index (χ0n) is 14.9. The van der Waals surface area contributed by atoms with Crippen LogP contribution in [0.15, 0.2) is 53.2 Å². The molecule has 1 amide bonds. The Morgan fingerprint density at radius 1 is 1.14 bits per heavy atom. The molecule has 2 N–H and O–H groups in total. The van der Waals surface area contributed by atoms with Crippen molar-refractivity contribution in [3.05, 3.63) is 53.8 Å². The quantitative estimate of drug-likeness (QED) is 0.600. The first-order valence-corrected chi connectivity index (χ1v) is 8.97. The number of hydrogen-bond donors (Lipinski definition) is 2. The largest absolute Gasteiger partial charge is 0.416 e. The Morgan fingerprint density at radius 2 is 1.82 bits per heavy atom. The minimum absolute atomic E-state index is 0.254. The van der Waals surface area contributed by atoms with Crippen molar-refractivity contribution in [3.8, 4) is 0 Å². The fraction of sp³-hybridized carbons (Fsp3) is 0.368. The second kappa shape index (κ2) is 6.97. The summed E-state index contributed by atoms with van der Waals surface area (Å²) < 4.78 is 38.1. The molecule has 2 atom stereocenters. The van der Waals surface area contributed by atoms with E-state index in [2.05, 4.69) is 14.8 Å². The average Bonchev–Trinajstić information content (AvgIpc) is 2.63. The van der Waals surface area contributed by atoms with E-state index in [0.29, 0.717) is 0 Å². The van der Waals surface area contributed by atoms with Gasteiger partial charge < -0.3 is 9.80 Å². The molecule has 0 aliphatic carbocycles. The lowest BCUT2D eigenvalue weighted by molar-refractivity contribution is -0.137.